The molecule has 10 heteroatoms. The first-order valence-corrected chi connectivity index (χ1v) is 12.9. The van der Waals surface area contributed by atoms with Crippen LogP contribution >= 0.6 is 24.0 Å². The van der Waals surface area contributed by atoms with Gasteiger partial charge in [-0.3, -0.25) is 9.36 Å². The fourth-order valence-corrected chi connectivity index (χ4v) is 4.70. The number of carbonyl (C=O) groups is 1. The molecule has 202 valence electrons. The monoisotopic (exact) mass is 556 g/mol. The number of nitrogens with two attached hydrogens (primary N) is 1. The molecule has 1 unspecified atom stereocenters. The molecule has 0 aliphatic heterocycles. The van der Waals surface area contributed by atoms with Gasteiger partial charge in [-0.2, -0.15) is 9.61 Å². The van der Waals surface area contributed by atoms with Crippen LogP contribution in [0.4, 0.5) is 0 Å². The lowest BCUT2D eigenvalue weighted by molar-refractivity contribution is 0.0601. The minimum atomic E-state index is -0.506. The number of halogens is 2. The summed E-state index contributed by atoms with van der Waals surface area (Å²) in [4.78, 5) is 34.4. The van der Waals surface area contributed by atoms with Gasteiger partial charge < -0.3 is 10.6 Å². The molecule has 2 aromatic heterocycles. The molecule has 0 aliphatic carbocycles. The molecule has 38 heavy (non-hydrogen) atoms. The summed E-state index contributed by atoms with van der Waals surface area (Å²) in [6.07, 6.45) is 0.610. The van der Waals surface area contributed by atoms with Crippen molar-refractivity contribution in [2.24, 2.45) is 11.7 Å². The zero-order valence-corrected chi connectivity index (χ0v) is 23.7. The second kappa shape index (κ2) is 12.6. The fourth-order valence-electron chi connectivity index (χ4n) is 4.54. The van der Waals surface area contributed by atoms with Crippen molar-refractivity contribution in [1.82, 2.24) is 24.1 Å². The Hall–Kier alpha value is -3.20. The van der Waals surface area contributed by atoms with Crippen LogP contribution in [0, 0.1) is 19.8 Å². The highest BCUT2D eigenvalue weighted by Gasteiger charge is 2.33. The van der Waals surface area contributed by atoms with Crippen LogP contribution in [0.3, 0.4) is 0 Å². The van der Waals surface area contributed by atoms with Gasteiger partial charge in [-0.25, -0.2) is 9.78 Å². The van der Waals surface area contributed by atoms with Crippen LogP contribution in [0.15, 0.2) is 59.4 Å². The molecular formula is C28H34Cl2N6O2. The normalized spacial score (nSPS) is 12.0. The van der Waals surface area contributed by atoms with Gasteiger partial charge in [-0.1, -0.05) is 73.5 Å². The predicted molar refractivity (Wildman–Crippen MR) is 153 cm³/mol. The van der Waals surface area contributed by atoms with E-state index in [-0.39, 0.29) is 42.1 Å². The number of carbonyl (C=O) groups excluding carboxylic acids is 1. The minimum absolute atomic E-state index is 0. The van der Waals surface area contributed by atoms with Gasteiger partial charge in [0.25, 0.3) is 5.91 Å². The van der Waals surface area contributed by atoms with Gasteiger partial charge in [0.15, 0.2) is 5.65 Å². The number of hydrogen-bond acceptors (Lipinski definition) is 5. The smallest absolute Gasteiger partial charge is 0.330 e. The summed E-state index contributed by atoms with van der Waals surface area (Å²) in [6, 6.07) is 16.7. The van der Waals surface area contributed by atoms with Crippen molar-refractivity contribution in [3.63, 3.8) is 0 Å². The largest absolute Gasteiger partial charge is 0.352 e. The summed E-state index contributed by atoms with van der Waals surface area (Å²) in [6.45, 7) is 8.90. The maximum atomic E-state index is 13.9. The highest BCUT2D eigenvalue weighted by molar-refractivity contribution is 6.34. The molecule has 0 radical (unpaired) electrons. The molecule has 2 N–H and O–H groups in total. The quantitative estimate of drug-likeness (QED) is 0.318. The molecule has 0 bridgehead atoms. The molecule has 0 aliphatic rings. The van der Waals surface area contributed by atoms with Crippen molar-refractivity contribution in [3.8, 4) is 0 Å². The molecule has 2 aromatic carbocycles. The van der Waals surface area contributed by atoms with E-state index in [0.29, 0.717) is 41.6 Å². The molecule has 1 atom stereocenters. The first-order valence-electron chi connectivity index (χ1n) is 12.5. The van der Waals surface area contributed by atoms with Gasteiger partial charge in [-0.15, -0.1) is 12.4 Å². The Kier molecular flexibility index (Phi) is 9.71. The maximum Gasteiger partial charge on any atom is 0.352 e. The van der Waals surface area contributed by atoms with Crippen LogP contribution in [0.5, 0.6) is 0 Å². The van der Waals surface area contributed by atoms with Gasteiger partial charge in [0, 0.05) is 12.1 Å². The number of fused-ring (bicyclic) bond motifs is 1. The van der Waals surface area contributed by atoms with Crippen molar-refractivity contribution in [1.29, 1.82) is 0 Å². The van der Waals surface area contributed by atoms with E-state index in [4.69, 9.17) is 22.3 Å². The third kappa shape index (κ3) is 5.93. The SMILES string of the molecule is Cc1ccc(C(=O)N(CCCN)C(c2nc3c(Cl)c(C)nn3c(=O)n2Cc2ccccc2)C(C)C)cc1.Cl. The summed E-state index contributed by atoms with van der Waals surface area (Å²) in [5, 5.41) is 4.66. The van der Waals surface area contributed by atoms with E-state index in [9.17, 15) is 9.59 Å². The van der Waals surface area contributed by atoms with E-state index < -0.39 is 6.04 Å². The maximum absolute atomic E-state index is 13.9. The number of nitrogens with zero attached hydrogens (tertiary/aromatic N) is 5. The Morgan fingerprint density at radius 2 is 1.74 bits per heavy atom. The minimum Gasteiger partial charge on any atom is -0.330 e. The second-order valence-electron chi connectivity index (χ2n) is 9.65. The van der Waals surface area contributed by atoms with Crippen molar-refractivity contribution in [2.75, 3.05) is 13.1 Å². The van der Waals surface area contributed by atoms with E-state index in [1.165, 1.54) is 4.52 Å². The summed E-state index contributed by atoms with van der Waals surface area (Å²) in [5.41, 5.74) is 8.89. The van der Waals surface area contributed by atoms with E-state index in [1.54, 1.807) is 16.4 Å². The number of benzene rings is 2. The molecular weight excluding hydrogens is 523 g/mol. The average Bonchev–Trinajstić information content (AvgIpc) is 3.17. The van der Waals surface area contributed by atoms with Gasteiger partial charge >= 0.3 is 5.69 Å². The molecule has 0 spiro atoms. The highest BCUT2D eigenvalue weighted by atomic mass is 35.5. The Labute approximate surface area is 233 Å². The van der Waals surface area contributed by atoms with Gasteiger partial charge in [0.2, 0.25) is 0 Å². The Balaban J connectivity index is 0.00000400. The Bertz CT molecular complexity index is 1450. The van der Waals surface area contributed by atoms with Gasteiger partial charge in [0.05, 0.1) is 18.3 Å². The van der Waals surface area contributed by atoms with E-state index >= 15 is 0 Å². The number of amides is 1. The first-order chi connectivity index (χ1) is 17.7. The molecule has 0 saturated carbocycles. The van der Waals surface area contributed by atoms with Crippen LogP contribution in [0.2, 0.25) is 5.02 Å². The van der Waals surface area contributed by atoms with Crippen LogP contribution in [0.1, 0.15) is 59.3 Å². The number of hydrogen-bond donors (Lipinski definition) is 1. The van der Waals surface area contributed by atoms with E-state index in [1.807, 2.05) is 75.4 Å². The Morgan fingerprint density at radius 3 is 2.34 bits per heavy atom. The molecule has 2 heterocycles. The summed E-state index contributed by atoms with van der Waals surface area (Å²) < 4.78 is 2.85. The second-order valence-corrected chi connectivity index (χ2v) is 10.0. The lowest BCUT2D eigenvalue weighted by Crippen LogP contribution is -2.43. The van der Waals surface area contributed by atoms with Gasteiger partial charge in [-0.05, 0) is 50.4 Å². The molecule has 1 amide bonds. The lowest BCUT2D eigenvalue weighted by atomic mass is 9.99. The van der Waals surface area contributed by atoms with Crippen LogP contribution in [-0.4, -0.2) is 43.1 Å². The highest BCUT2D eigenvalue weighted by Crippen LogP contribution is 2.31. The number of aryl methyl sites for hydroxylation is 2. The zero-order valence-electron chi connectivity index (χ0n) is 22.1. The van der Waals surface area contributed by atoms with E-state index in [2.05, 4.69) is 5.10 Å². The average molecular weight is 558 g/mol. The van der Waals surface area contributed by atoms with Crippen molar-refractivity contribution in [2.45, 2.75) is 46.7 Å². The number of aromatic nitrogens is 4. The molecule has 0 saturated heterocycles. The molecule has 4 aromatic rings. The predicted octanol–water partition coefficient (Wildman–Crippen LogP) is 4.82. The van der Waals surface area contributed by atoms with E-state index in [0.717, 1.165) is 11.1 Å². The first kappa shape index (κ1) is 29.4. The third-order valence-corrected chi connectivity index (χ3v) is 6.89. The summed E-state index contributed by atoms with van der Waals surface area (Å²) >= 11 is 6.53. The standard InChI is InChI=1S/C28H33ClN6O2.ClH/c1-18(2)24(33(16-8-15-30)27(36)22-13-11-19(3)12-14-22)26-31-25-23(29)20(4)32-35(25)28(37)34(26)17-21-9-6-5-7-10-21;/h5-7,9-14,18,24H,8,15-17,30H2,1-4H3;1H. The van der Waals surface area contributed by atoms with Gasteiger partial charge in [0.1, 0.15) is 10.8 Å². The lowest BCUT2D eigenvalue weighted by Gasteiger charge is -2.35. The Morgan fingerprint density at radius 1 is 1.08 bits per heavy atom. The summed E-state index contributed by atoms with van der Waals surface area (Å²) in [7, 11) is 0. The zero-order chi connectivity index (χ0) is 26.7. The molecule has 8 nitrogen and oxygen atoms in total. The van der Waals surface area contributed by atoms with Crippen LogP contribution in [0.25, 0.3) is 5.65 Å². The molecule has 0 fully saturated rings. The third-order valence-electron chi connectivity index (χ3n) is 6.45. The van der Waals surface area contributed by atoms with Crippen molar-refractivity contribution in [3.05, 3.63) is 98.3 Å². The van der Waals surface area contributed by atoms with Crippen LogP contribution in [-0.2, 0) is 6.54 Å². The summed E-state index contributed by atoms with van der Waals surface area (Å²) in [5.74, 6) is 0.269. The fraction of sp³-hybridized carbons (Fsp3) is 0.357. The topological polar surface area (TPSA) is 98.5 Å². The number of rotatable bonds is 9. The van der Waals surface area contributed by atoms with Crippen LogP contribution < -0.4 is 11.4 Å². The van der Waals surface area contributed by atoms with Crippen molar-refractivity contribution >= 4 is 35.6 Å². The molecule has 4 rings (SSSR count). The van der Waals surface area contributed by atoms with Crippen molar-refractivity contribution < 1.29 is 4.79 Å².